The Balaban J connectivity index is 2.45. The average Bonchev–Trinajstić information content (AvgIpc) is 3.03. The maximum absolute atomic E-state index is 13.1. The minimum atomic E-state index is -5.23. The highest BCUT2D eigenvalue weighted by atomic mass is 19.4. The van der Waals surface area contributed by atoms with Crippen molar-refractivity contribution in [3.63, 3.8) is 0 Å². The number of alkyl halides is 3. The summed E-state index contributed by atoms with van der Waals surface area (Å²) in [5, 5.41) is 10.6. The number of carbonyl (C=O) groups is 4. The lowest BCUT2D eigenvalue weighted by Gasteiger charge is -2.29. The number of ketones is 1. The van der Waals surface area contributed by atoms with Crippen molar-refractivity contribution in [2.24, 2.45) is 5.73 Å². The van der Waals surface area contributed by atoms with Gasteiger partial charge in [0.2, 0.25) is 5.54 Å². The van der Waals surface area contributed by atoms with Gasteiger partial charge in [0.25, 0.3) is 17.6 Å². The minimum Gasteiger partial charge on any atom is -0.478 e. The monoisotopic (exact) mass is 375 g/mol. The van der Waals surface area contributed by atoms with Crippen molar-refractivity contribution in [3.8, 4) is 0 Å². The van der Waals surface area contributed by atoms with E-state index in [1.54, 1.807) is 0 Å². The molecule has 1 aromatic rings. The van der Waals surface area contributed by atoms with Crippen LogP contribution in [-0.4, -0.2) is 45.0 Å². The van der Waals surface area contributed by atoms with Crippen molar-refractivity contribution in [2.75, 3.05) is 0 Å². The number of hydrogen-bond donors (Lipinski definition) is 3. The average molecular weight is 375 g/mol. The van der Waals surface area contributed by atoms with Gasteiger partial charge in [-0.3, -0.25) is 14.4 Å². The van der Waals surface area contributed by atoms with Crippen molar-refractivity contribution in [2.45, 2.75) is 44.9 Å². The molecule has 0 saturated heterocycles. The second kappa shape index (κ2) is 6.15. The highest BCUT2D eigenvalue weighted by Gasteiger charge is 2.57. The number of carboxylic acids is 1. The number of halogens is 3. The molecule has 0 bridgehead atoms. The Labute approximate surface area is 145 Å². The topological polar surface area (TPSA) is 131 Å². The fraction of sp³-hybridized carbons (Fsp3) is 0.467. The van der Waals surface area contributed by atoms with E-state index in [2.05, 4.69) is 0 Å². The summed E-state index contributed by atoms with van der Waals surface area (Å²) in [6.07, 6.45) is -4.34. The van der Waals surface area contributed by atoms with Crippen LogP contribution < -0.4 is 11.1 Å². The van der Waals surface area contributed by atoms with E-state index in [1.807, 2.05) is 0 Å². The first-order valence-corrected chi connectivity index (χ1v) is 7.51. The quantitative estimate of drug-likeness (QED) is 0.511. The molecule has 0 aliphatic carbocycles. The fourth-order valence-electron chi connectivity index (χ4n) is 2.96. The lowest BCUT2D eigenvalue weighted by atomic mass is 9.99. The Morgan fingerprint density at radius 2 is 1.81 bits per heavy atom. The summed E-state index contributed by atoms with van der Waals surface area (Å²) in [6.45, 7) is 1.90. The van der Waals surface area contributed by atoms with Gasteiger partial charge in [-0.25, -0.2) is 4.79 Å². The number of carboxylic acid groups (broad SMARTS) is 1. The highest BCUT2D eigenvalue weighted by Crippen LogP contribution is 2.31. The van der Waals surface area contributed by atoms with Crippen LogP contribution >= 0.6 is 0 Å². The van der Waals surface area contributed by atoms with Gasteiger partial charge in [-0.15, -0.1) is 0 Å². The lowest BCUT2D eigenvalue weighted by molar-refractivity contribution is -0.194. The number of nitrogens with two attached hydrogens (primary N) is 1. The third-order valence-electron chi connectivity index (χ3n) is 4.47. The largest absolute Gasteiger partial charge is 0.478 e. The smallest absolute Gasteiger partial charge is 0.420 e. The number of primary amides is 1. The van der Waals surface area contributed by atoms with E-state index in [1.165, 1.54) is 16.8 Å². The normalized spacial score (nSPS) is 15.9. The molecule has 1 atom stereocenters. The maximum Gasteiger partial charge on any atom is 0.420 e. The summed E-state index contributed by atoms with van der Waals surface area (Å²) in [6, 6.07) is 0. The number of amides is 2. The summed E-state index contributed by atoms with van der Waals surface area (Å²) in [5.74, 6) is -6.25. The number of nitrogens with zero attached hydrogens (tertiary/aromatic N) is 1. The van der Waals surface area contributed by atoms with Gasteiger partial charge in [-0.2, -0.15) is 13.2 Å². The summed E-state index contributed by atoms with van der Waals surface area (Å²) in [7, 11) is 0. The van der Waals surface area contributed by atoms with Gasteiger partial charge in [0.15, 0.2) is 0 Å². The molecule has 1 unspecified atom stereocenters. The van der Waals surface area contributed by atoms with Gasteiger partial charge in [0, 0.05) is 12.2 Å². The van der Waals surface area contributed by atoms with Crippen LogP contribution in [0.1, 0.15) is 45.4 Å². The van der Waals surface area contributed by atoms with E-state index < -0.39 is 35.3 Å². The first kappa shape index (κ1) is 19.5. The van der Waals surface area contributed by atoms with E-state index in [0.29, 0.717) is 25.5 Å². The first-order valence-electron chi connectivity index (χ1n) is 7.51. The third kappa shape index (κ3) is 2.82. The number of hydrogen-bond acceptors (Lipinski definition) is 4. The molecular formula is C15H16F3N3O5. The number of carbonyl (C=O) groups excluding carboxylic acids is 3. The minimum absolute atomic E-state index is 0.0138. The van der Waals surface area contributed by atoms with Crippen molar-refractivity contribution >= 4 is 23.6 Å². The molecule has 0 aromatic carbocycles. The molecule has 0 radical (unpaired) electrons. The van der Waals surface area contributed by atoms with Gasteiger partial charge < -0.3 is 20.7 Å². The molecule has 142 valence electrons. The zero-order valence-corrected chi connectivity index (χ0v) is 13.9. The predicted molar refractivity (Wildman–Crippen MR) is 80.6 cm³/mol. The molecule has 0 saturated carbocycles. The Hall–Kier alpha value is -2.85. The predicted octanol–water partition coefficient (Wildman–Crippen LogP) is 0.546. The standard InChI is InChI=1S/C15H16F3N3O5/c1-6-8(12(24)25)7-4-3-5-21(7)9(6)10(22)11(23)20-14(2,13(19)26)15(16,17)18/h3-5H2,1-2H3,(H2,19,26)(H,20,23)(H,24,25). The molecule has 2 heterocycles. The van der Waals surface area contributed by atoms with Crippen molar-refractivity contribution in [1.82, 2.24) is 9.88 Å². The first-order chi connectivity index (χ1) is 11.8. The molecule has 0 spiro atoms. The summed E-state index contributed by atoms with van der Waals surface area (Å²) in [5.41, 5.74) is 1.17. The summed E-state index contributed by atoms with van der Waals surface area (Å²) in [4.78, 5) is 47.2. The molecule has 4 N–H and O–H groups in total. The van der Waals surface area contributed by atoms with E-state index in [4.69, 9.17) is 5.73 Å². The van der Waals surface area contributed by atoms with E-state index >= 15 is 0 Å². The van der Waals surface area contributed by atoms with E-state index in [0.717, 1.165) is 0 Å². The summed E-state index contributed by atoms with van der Waals surface area (Å²) >= 11 is 0. The van der Waals surface area contributed by atoms with Crippen LogP contribution in [0.4, 0.5) is 13.2 Å². The van der Waals surface area contributed by atoms with Crippen LogP contribution in [0.2, 0.25) is 0 Å². The van der Waals surface area contributed by atoms with Crippen LogP contribution in [-0.2, 0) is 22.6 Å². The van der Waals surface area contributed by atoms with Gasteiger partial charge in [0.05, 0.1) is 11.3 Å². The lowest BCUT2D eigenvalue weighted by Crippen LogP contribution is -2.65. The Bertz CT molecular complexity index is 827. The Morgan fingerprint density at radius 1 is 1.23 bits per heavy atom. The van der Waals surface area contributed by atoms with Crippen LogP contribution in [0.3, 0.4) is 0 Å². The molecular weight excluding hydrogens is 359 g/mol. The van der Waals surface area contributed by atoms with Gasteiger partial charge in [0.1, 0.15) is 0 Å². The number of aromatic carboxylic acids is 1. The van der Waals surface area contributed by atoms with Gasteiger partial charge in [-0.1, -0.05) is 0 Å². The van der Waals surface area contributed by atoms with Crippen LogP contribution in [0.15, 0.2) is 0 Å². The third-order valence-corrected chi connectivity index (χ3v) is 4.47. The number of nitrogens with one attached hydrogen (secondary N) is 1. The molecule has 0 fully saturated rings. The van der Waals surface area contributed by atoms with Gasteiger partial charge in [-0.05, 0) is 32.3 Å². The van der Waals surface area contributed by atoms with E-state index in [9.17, 15) is 37.5 Å². The van der Waals surface area contributed by atoms with Gasteiger partial charge >= 0.3 is 12.1 Å². The molecule has 11 heteroatoms. The second-order valence-corrected chi connectivity index (χ2v) is 6.13. The number of fused-ring (bicyclic) bond motifs is 1. The molecule has 2 amide bonds. The number of aromatic nitrogens is 1. The fourth-order valence-corrected chi connectivity index (χ4v) is 2.96. The second-order valence-electron chi connectivity index (χ2n) is 6.13. The van der Waals surface area contributed by atoms with E-state index in [-0.39, 0.29) is 23.4 Å². The SMILES string of the molecule is Cc1c(C(=O)O)c2n(c1C(=O)C(=O)NC(C)(C(N)=O)C(F)(F)F)CCC2. The molecule has 1 aliphatic rings. The zero-order chi connectivity index (χ0) is 20.0. The number of rotatable bonds is 5. The molecule has 26 heavy (non-hydrogen) atoms. The molecule has 2 rings (SSSR count). The molecule has 8 nitrogen and oxygen atoms in total. The van der Waals surface area contributed by atoms with Crippen LogP contribution in [0.25, 0.3) is 0 Å². The van der Waals surface area contributed by atoms with Crippen molar-refractivity contribution in [3.05, 3.63) is 22.5 Å². The summed E-state index contributed by atoms with van der Waals surface area (Å²) < 4.78 is 40.6. The van der Waals surface area contributed by atoms with Crippen LogP contribution in [0, 0.1) is 6.92 Å². The molecule has 1 aliphatic heterocycles. The van der Waals surface area contributed by atoms with Crippen LogP contribution in [0.5, 0.6) is 0 Å². The van der Waals surface area contributed by atoms with Crippen molar-refractivity contribution in [1.29, 1.82) is 0 Å². The number of Topliss-reactive ketones (excluding diaryl/α,β-unsaturated/α-hetero) is 1. The Kier molecular flexibility index (Phi) is 4.60. The zero-order valence-electron chi connectivity index (χ0n) is 13.9. The van der Waals surface area contributed by atoms with Crippen molar-refractivity contribution < 1.29 is 37.5 Å². The Morgan fingerprint density at radius 3 is 2.27 bits per heavy atom. The maximum atomic E-state index is 13.1. The molecule has 1 aromatic heterocycles. The highest BCUT2D eigenvalue weighted by molar-refractivity contribution is 6.43.